The minimum Gasteiger partial charge on any atom is -0.305 e. The van der Waals surface area contributed by atoms with Gasteiger partial charge in [-0.05, 0) is 24.5 Å². The van der Waals surface area contributed by atoms with Crippen molar-refractivity contribution < 1.29 is 0 Å². The van der Waals surface area contributed by atoms with Crippen molar-refractivity contribution in [3.63, 3.8) is 0 Å². The summed E-state index contributed by atoms with van der Waals surface area (Å²) in [6.07, 6.45) is 2.15. The molecule has 0 saturated carbocycles. The Morgan fingerprint density at radius 1 is 1.42 bits per heavy atom. The Hall–Kier alpha value is 0.660. The fourth-order valence-corrected chi connectivity index (χ4v) is 1.70. The normalized spacial score (nSPS) is 12.5. The van der Waals surface area contributed by atoms with Gasteiger partial charge in [-0.15, -0.1) is 0 Å². The van der Waals surface area contributed by atoms with Gasteiger partial charge in [0.1, 0.15) is 0 Å². The molecule has 0 aromatic carbocycles. The van der Waals surface area contributed by atoms with E-state index in [1.165, 1.54) is 12.3 Å². The molecule has 0 fully saturated rings. The van der Waals surface area contributed by atoms with E-state index < -0.39 is 0 Å². The van der Waals surface area contributed by atoms with Gasteiger partial charge in [0.25, 0.3) is 0 Å². The Balaban J connectivity index is 3.60. The van der Waals surface area contributed by atoms with Crippen LogP contribution in [0.5, 0.6) is 0 Å². The van der Waals surface area contributed by atoms with Crippen LogP contribution in [-0.2, 0) is 0 Å². The van der Waals surface area contributed by atoms with Gasteiger partial charge in [-0.2, -0.15) is 24.4 Å². The zero-order chi connectivity index (χ0) is 9.61. The minimum atomic E-state index is 0.344. The second kappa shape index (κ2) is 6.17. The first kappa shape index (κ1) is 12.7. The Kier molecular flexibility index (Phi) is 6.50. The summed E-state index contributed by atoms with van der Waals surface area (Å²) in [5.41, 5.74) is 0.344. The molecule has 0 radical (unpaired) electrons. The highest BCUT2D eigenvalue weighted by atomic mass is 32.2. The largest absolute Gasteiger partial charge is 0.305 e. The van der Waals surface area contributed by atoms with E-state index in [0.717, 1.165) is 12.3 Å². The predicted molar refractivity (Wildman–Crippen MR) is 63.5 cm³/mol. The second-order valence-corrected chi connectivity index (χ2v) is 5.35. The molecular formula is C9H21NS2. The maximum atomic E-state index is 4.33. The summed E-state index contributed by atoms with van der Waals surface area (Å²) in [4.78, 5) is 2.38. The third kappa shape index (κ3) is 6.21. The summed E-state index contributed by atoms with van der Waals surface area (Å²) < 4.78 is 0. The van der Waals surface area contributed by atoms with Crippen LogP contribution < -0.4 is 0 Å². The molecule has 0 aliphatic carbocycles. The number of thiol groups is 1. The van der Waals surface area contributed by atoms with E-state index in [1.54, 1.807) is 0 Å². The topological polar surface area (TPSA) is 3.24 Å². The van der Waals surface area contributed by atoms with Crippen molar-refractivity contribution in [1.82, 2.24) is 4.90 Å². The van der Waals surface area contributed by atoms with Crippen LogP contribution in [0.1, 0.15) is 13.8 Å². The van der Waals surface area contributed by atoms with Crippen molar-refractivity contribution in [3.05, 3.63) is 0 Å². The first-order chi connectivity index (χ1) is 5.52. The smallest absolute Gasteiger partial charge is 0.00694 e. The van der Waals surface area contributed by atoms with E-state index in [0.29, 0.717) is 5.41 Å². The molecule has 0 aliphatic heterocycles. The highest BCUT2D eigenvalue weighted by molar-refractivity contribution is 7.98. The number of hydrogen-bond donors (Lipinski definition) is 1. The van der Waals surface area contributed by atoms with Gasteiger partial charge in [0, 0.05) is 18.8 Å². The molecule has 0 saturated heterocycles. The van der Waals surface area contributed by atoms with Crippen LogP contribution in [0.25, 0.3) is 0 Å². The van der Waals surface area contributed by atoms with Crippen molar-refractivity contribution in [2.45, 2.75) is 13.8 Å². The second-order valence-electron chi connectivity index (χ2n) is 4.05. The maximum Gasteiger partial charge on any atom is 0.00694 e. The van der Waals surface area contributed by atoms with Gasteiger partial charge in [0.2, 0.25) is 0 Å². The molecule has 0 bridgehead atoms. The van der Waals surface area contributed by atoms with Crippen LogP contribution in [-0.4, -0.2) is 42.8 Å². The van der Waals surface area contributed by atoms with Crippen molar-refractivity contribution in [2.75, 3.05) is 37.9 Å². The molecule has 1 nitrogen and oxygen atoms in total. The predicted octanol–water partition coefficient (Wildman–Crippen LogP) is 2.24. The van der Waals surface area contributed by atoms with Crippen LogP contribution >= 0.6 is 24.4 Å². The van der Waals surface area contributed by atoms with Gasteiger partial charge in [0.15, 0.2) is 0 Å². The lowest BCUT2D eigenvalue weighted by Gasteiger charge is -2.28. The zero-order valence-electron chi connectivity index (χ0n) is 8.63. The number of rotatable bonds is 6. The molecule has 0 atom stereocenters. The third-order valence-corrected chi connectivity index (χ3v) is 3.25. The van der Waals surface area contributed by atoms with E-state index in [-0.39, 0.29) is 0 Å². The Labute approximate surface area is 86.7 Å². The number of hydrogen-bond acceptors (Lipinski definition) is 3. The standard InChI is InChI=1S/C9H21NS2/c1-9(2,8-11)7-10(3)5-6-12-4/h11H,5-8H2,1-4H3. The Morgan fingerprint density at radius 2 is 2.00 bits per heavy atom. The molecular weight excluding hydrogens is 186 g/mol. The van der Waals surface area contributed by atoms with Gasteiger partial charge >= 0.3 is 0 Å². The summed E-state index contributed by atoms with van der Waals surface area (Å²) in [6, 6.07) is 0. The molecule has 3 heteroatoms. The monoisotopic (exact) mass is 207 g/mol. The third-order valence-electron chi connectivity index (χ3n) is 1.80. The van der Waals surface area contributed by atoms with Crippen LogP contribution in [0.4, 0.5) is 0 Å². The minimum absolute atomic E-state index is 0.344. The fraction of sp³-hybridized carbons (Fsp3) is 1.00. The van der Waals surface area contributed by atoms with Crippen LogP contribution in [0.15, 0.2) is 0 Å². The first-order valence-electron chi connectivity index (χ1n) is 4.30. The highest BCUT2D eigenvalue weighted by Gasteiger charge is 2.17. The van der Waals surface area contributed by atoms with Crippen LogP contribution in [0.2, 0.25) is 0 Å². The summed E-state index contributed by atoms with van der Waals surface area (Å²) >= 11 is 6.24. The van der Waals surface area contributed by atoms with E-state index in [4.69, 9.17) is 0 Å². The maximum absolute atomic E-state index is 4.33. The molecule has 0 aliphatic rings. The van der Waals surface area contributed by atoms with Gasteiger partial charge in [0.05, 0.1) is 0 Å². The molecule has 0 spiro atoms. The summed E-state index contributed by atoms with van der Waals surface area (Å²) in [5, 5.41) is 0. The number of nitrogens with zero attached hydrogens (tertiary/aromatic N) is 1. The Bertz CT molecular complexity index is 115. The lowest BCUT2D eigenvalue weighted by atomic mass is 9.96. The number of thioether (sulfide) groups is 1. The summed E-state index contributed by atoms with van der Waals surface area (Å²) in [7, 11) is 2.18. The van der Waals surface area contributed by atoms with E-state index >= 15 is 0 Å². The quantitative estimate of drug-likeness (QED) is 0.665. The van der Waals surface area contributed by atoms with Gasteiger partial charge in [-0.3, -0.25) is 0 Å². The lowest BCUT2D eigenvalue weighted by Crippen LogP contribution is -2.33. The van der Waals surface area contributed by atoms with Gasteiger partial charge in [-0.1, -0.05) is 13.8 Å². The molecule has 0 rings (SSSR count). The molecule has 0 unspecified atom stereocenters. The van der Waals surface area contributed by atoms with Crippen LogP contribution in [0.3, 0.4) is 0 Å². The van der Waals surface area contributed by atoms with Crippen molar-refractivity contribution in [2.24, 2.45) is 5.41 Å². The van der Waals surface area contributed by atoms with Crippen molar-refractivity contribution >= 4 is 24.4 Å². The van der Waals surface area contributed by atoms with Crippen LogP contribution in [0, 0.1) is 5.41 Å². The summed E-state index contributed by atoms with van der Waals surface area (Å²) in [6.45, 7) is 6.83. The molecule has 0 aromatic heterocycles. The Morgan fingerprint density at radius 3 is 2.42 bits per heavy atom. The molecule has 0 amide bonds. The van der Waals surface area contributed by atoms with Gasteiger partial charge < -0.3 is 4.90 Å². The van der Waals surface area contributed by atoms with E-state index in [1.807, 2.05) is 11.8 Å². The average Bonchev–Trinajstić information content (AvgIpc) is 2.00. The van der Waals surface area contributed by atoms with Gasteiger partial charge in [-0.25, -0.2) is 0 Å². The SMILES string of the molecule is CSCCN(C)CC(C)(C)CS. The average molecular weight is 207 g/mol. The highest BCUT2D eigenvalue weighted by Crippen LogP contribution is 2.17. The van der Waals surface area contributed by atoms with E-state index in [9.17, 15) is 0 Å². The molecule has 0 N–H and O–H groups in total. The molecule has 0 heterocycles. The van der Waals surface area contributed by atoms with Crippen molar-refractivity contribution in [3.8, 4) is 0 Å². The zero-order valence-corrected chi connectivity index (χ0v) is 10.3. The first-order valence-corrected chi connectivity index (χ1v) is 6.33. The summed E-state index contributed by atoms with van der Waals surface area (Å²) in [5.74, 6) is 2.18. The molecule has 74 valence electrons. The van der Waals surface area contributed by atoms with E-state index in [2.05, 4.69) is 44.7 Å². The molecule has 12 heavy (non-hydrogen) atoms. The molecule has 0 aromatic rings. The lowest BCUT2D eigenvalue weighted by molar-refractivity contribution is 0.242. The fourth-order valence-electron chi connectivity index (χ4n) is 1.11. The van der Waals surface area contributed by atoms with Crippen molar-refractivity contribution in [1.29, 1.82) is 0 Å².